The van der Waals surface area contributed by atoms with Crippen molar-refractivity contribution in [3.8, 4) is 0 Å². The molecule has 1 aromatic heterocycles. The molecule has 2 aromatic rings. The number of carbonyl (C=O) groups excluding carboxylic acids is 1. The third-order valence-corrected chi connectivity index (χ3v) is 5.68. The first-order valence-electron chi connectivity index (χ1n) is 8.14. The monoisotopic (exact) mass is 331 g/mol. The van der Waals surface area contributed by atoms with Gasteiger partial charge in [0.1, 0.15) is 11.4 Å². The highest BCUT2D eigenvalue weighted by Crippen LogP contribution is 2.49. The van der Waals surface area contributed by atoms with Crippen molar-refractivity contribution in [2.24, 2.45) is 11.3 Å². The number of halogens is 1. The second-order valence-electron chi connectivity index (χ2n) is 6.93. The fourth-order valence-electron chi connectivity index (χ4n) is 4.33. The smallest absolute Gasteiger partial charge is 0.311 e. The number of likely N-dealkylation sites (tertiary alicyclic amines) is 1. The number of aliphatic carboxylic acids is 1. The summed E-state index contributed by atoms with van der Waals surface area (Å²) in [6.45, 7) is 2.38. The van der Waals surface area contributed by atoms with Gasteiger partial charge in [0.2, 0.25) is 0 Å². The number of carboxylic acid groups (broad SMARTS) is 1. The van der Waals surface area contributed by atoms with E-state index in [2.05, 4.69) is 0 Å². The van der Waals surface area contributed by atoms with Gasteiger partial charge in [0.25, 0.3) is 5.91 Å². The molecule has 24 heavy (non-hydrogen) atoms. The lowest BCUT2D eigenvalue weighted by Crippen LogP contribution is -2.37. The number of benzene rings is 1. The summed E-state index contributed by atoms with van der Waals surface area (Å²) in [6, 6.07) is 4.15. The molecule has 0 bridgehead atoms. The zero-order valence-electron chi connectivity index (χ0n) is 13.3. The lowest BCUT2D eigenvalue weighted by molar-refractivity contribution is -0.149. The van der Waals surface area contributed by atoms with E-state index < -0.39 is 11.4 Å². The molecule has 1 saturated carbocycles. The molecule has 1 aliphatic carbocycles. The van der Waals surface area contributed by atoms with E-state index in [0.717, 1.165) is 12.8 Å². The number of carbonyl (C=O) groups is 2. The van der Waals surface area contributed by atoms with Gasteiger partial charge in [-0.25, -0.2) is 4.39 Å². The van der Waals surface area contributed by atoms with E-state index in [-0.39, 0.29) is 29.9 Å². The van der Waals surface area contributed by atoms with Gasteiger partial charge in [0.15, 0.2) is 5.76 Å². The normalized spacial score (nSPS) is 26.1. The highest BCUT2D eigenvalue weighted by atomic mass is 19.1. The Morgan fingerprint density at radius 3 is 2.92 bits per heavy atom. The standard InChI is InChI=1S/C18H18FNO4/c1-10-13-7-12(19)4-5-14(13)24-15(10)16(21)20-8-11-3-2-6-18(11,9-20)17(22)23/h4-5,7,11H,2-3,6,8-9H2,1H3,(H,22,23)/t11-,18+/m0/s1. The average molecular weight is 331 g/mol. The number of hydrogen-bond acceptors (Lipinski definition) is 3. The Morgan fingerprint density at radius 1 is 1.42 bits per heavy atom. The van der Waals surface area contributed by atoms with Crippen molar-refractivity contribution < 1.29 is 23.5 Å². The number of carboxylic acids is 1. The average Bonchev–Trinajstić information content (AvgIpc) is 3.18. The second-order valence-corrected chi connectivity index (χ2v) is 6.93. The van der Waals surface area contributed by atoms with Crippen LogP contribution in [0.25, 0.3) is 11.0 Å². The van der Waals surface area contributed by atoms with E-state index in [1.165, 1.54) is 18.2 Å². The molecule has 2 heterocycles. The van der Waals surface area contributed by atoms with E-state index in [9.17, 15) is 19.1 Å². The molecule has 4 rings (SSSR count). The largest absolute Gasteiger partial charge is 0.481 e. The fraction of sp³-hybridized carbons (Fsp3) is 0.444. The van der Waals surface area contributed by atoms with Crippen molar-refractivity contribution in [2.45, 2.75) is 26.2 Å². The number of rotatable bonds is 2. The Kier molecular flexibility index (Phi) is 3.20. The quantitative estimate of drug-likeness (QED) is 0.917. The predicted molar refractivity (Wildman–Crippen MR) is 84.2 cm³/mol. The van der Waals surface area contributed by atoms with Crippen LogP contribution in [-0.2, 0) is 4.79 Å². The second kappa shape index (κ2) is 5.06. The Labute approximate surface area is 138 Å². The van der Waals surface area contributed by atoms with Crippen LogP contribution in [0.15, 0.2) is 22.6 Å². The zero-order valence-corrected chi connectivity index (χ0v) is 13.3. The van der Waals surface area contributed by atoms with Crippen molar-refractivity contribution in [3.05, 3.63) is 35.3 Å². The third kappa shape index (κ3) is 1.98. The predicted octanol–water partition coefficient (Wildman–Crippen LogP) is 3.21. The van der Waals surface area contributed by atoms with E-state index in [4.69, 9.17) is 4.42 Å². The van der Waals surface area contributed by atoms with Crippen molar-refractivity contribution >= 4 is 22.8 Å². The van der Waals surface area contributed by atoms with Crippen LogP contribution in [0.4, 0.5) is 4.39 Å². The van der Waals surface area contributed by atoms with Gasteiger partial charge in [-0.2, -0.15) is 0 Å². The highest BCUT2D eigenvalue weighted by Gasteiger charge is 2.56. The lowest BCUT2D eigenvalue weighted by Gasteiger charge is -2.23. The summed E-state index contributed by atoms with van der Waals surface area (Å²) in [4.78, 5) is 26.2. The van der Waals surface area contributed by atoms with Crippen LogP contribution in [0.5, 0.6) is 0 Å². The van der Waals surface area contributed by atoms with E-state index in [0.29, 0.717) is 29.5 Å². The van der Waals surface area contributed by atoms with Gasteiger partial charge in [0, 0.05) is 24.0 Å². The van der Waals surface area contributed by atoms with Gasteiger partial charge in [-0.05, 0) is 43.9 Å². The van der Waals surface area contributed by atoms with Crippen LogP contribution >= 0.6 is 0 Å². The van der Waals surface area contributed by atoms with Gasteiger partial charge in [-0.15, -0.1) is 0 Å². The number of hydrogen-bond donors (Lipinski definition) is 1. The first-order chi connectivity index (χ1) is 11.4. The lowest BCUT2D eigenvalue weighted by atomic mass is 9.81. The summed E-state index contributed by atoms with van der Waals surface area (Å²) in [6.07, 6.45) is 2.34. The molecular formula is C18H18FNO4. The molecule has 1 aliphatic heterocycles. The molecule has 0 unspecified atom stereocenters. The Hall–Kier alpha value is -2.37. The fourth-order valence-corrected chi connectivity index (χ4v) is 4.33. The van der Waals surface area contributed by atoms with Gasteiger partial charge in [-0.1, -0.05) is 6.42 Å². The van der Waals surface area contributed by atoms with Crippen molar-refractivity contribution in [1.82, 2.24) is 4.90 Å². The van der Waals surface area contributed by atoms with Crippen molar-refractivity contribution in [2.75, 3.05) is 13.1 Å². The summed E-state index contributed by atoms with van der Waals surface area (Å²) in [5.74, 6) is -1.33. The molecule has 2 atom stereocenters. The molecule has 1 N–H and O–H groups in total. The van der Waals surface area contributed by atoms with Crippen LogP contribution in [0.1, 0.15) is 35.4 Å². The summed E-state index contributed by atoms with van der Waals surface area (Å²) < 4.78 is 19.1. The number of furan rings is 1. The molecular weight excluding hydrogens is 313 g/mol. The summed E-state index contributed by atoms with van der Waals surface area (Å²) >= 11 is 0. The summed E-state index contributed by atoms with van der Waals surface area (Å²) in [5, 5.41) is 10.2. The molecule has 126 valence electrons. The molecule has 0 radical (unpaired) electrons. The molecule has 5 nitrogen and oxygen atoms in total. The Bertz CT molecular complexity index is 858. The minimum atomic E-state index is -0.818. The van der Waals surface area contributed by atoms with Crippen LogP contribution in [0.3, 0.4) is 0 Å². The van der Waals surface area contributed by atoms with Crippen LogP contribution in [0.2, 0.25) is 0 Å². The van der Waals surface area contributed by atoms with E-state index in [1.54, 1.807) is 11.8 Å². The van der Waals surface area contributed by atoms with Crippen molar-refractivity contribution in [1.29, 1.82) is 0 Å². The van der Waals surface area contributed by atoms with Crippen LogP contribution in [0, 0.1) is 24.1 Å². The molecule has 0 spiro atoms. The maximum Gasteiger partial charge on any atom is 0.311 e. The Morgan fingerprint density at radius 2 is 2.21 bits per heavy atom. The molecule has 6 heteroatoms. The first kappa shape index (κ1) is 15.2. The molecule has 1 aromatic carbocycles. The number of nitrogens with zero attached hydrogens (tertiary/aromatic N) is 1. The zero-order chi connectivity index (χ0) is 17.1. The van der Waals surface area contributed by atoms with Crippen molar-refractivity contribution in [3.63, 3.8) is 0 Å². The Balaban J connectivity index is 1.68. The van der Waals surface area contributed by atoms with E-state index >= 15 is 0 Å². The maximum atomic E-state index is 13.4. The summed E-state index contributed by atoms with van der Waals surface area (Å²) in [5.41, 5.74) is 0.238. The SMILES string of the molecule is Cc1c(C(=O)N2C[C@@H]3CCC[C@@]3(C(=O)O)C2)oc2ccc(F)cc12. The molecule has 1 saturated heterocycles. The molecule has 2 fully saturated rings. The van der Waals surface area contributed by atoms with Gasteiger partial charge in [-0.3, -0.25) is 9.59 Å². The maximum absolute atomic E-state index is 13.4. The number of fused-ring (bicyclic) bond motifs is 2. The number of aryl methyl sites for hydroxylation is 1. The van der Waals surface area contributed by atoms with Gasteiger partial charge in [0.05, 0.1) is 5.41 Å². The minimum absolute atomic E-state index is 0.000999. The van der Waals surface area contributed by atoms with Gasteiger partial charge < -0.3 is 14.4 Å². The molecule has 2 aliphatic rings. The topological polar surface area (TPSA) is 70.8 Å². The third-order valence-electron chi connectivity index (χ3n) is 5.68. The summed E-state index contributed by atoms with van der Waals surface area (Å²) in [7, 11) is 0. The minimum Gasteiger partial charge on any atom is -0.481 e. The van der Waals surface area contributed by atoms with E-state index in [1.807, 2.05) is 0 Å². The highest BCUT2D eigenvalue weighted by molar-refractivity contribution is 5.99. The number of amides is 1. The van der Waals surface area contributed by atoms with Crippen LogP contribution < -0.4 is 0 Å². The van der Waals surface area contributed by atoms with Crippen LogP contribution in [-0.4, -0.2) is 35.0 Å². The first-order valence-corrected chi connectivity index (χ1v) is 8.14. The molecule has 1 amide bonds. The van der Waals surface area contributed by atoms with Gasteiger partial charge >= 0.3 is 5.97 Å².